The highest BCUT2D eigenvalue weighted by Crippen LogP contribution is 2.15. The highest BCUT2D eigenvalue weighted by Gasteiger charge is 2.20. The van der Waals surface area contributed by atoms with Crippen LogP contribution in [-0.4, -0.2) is 42.1 Å². The molecule has 1 N–H and O–H groups in total. The van der Waals surface area contributed by atoms with Crippen LogP contribution in [0, 0.1) is 5.82 Å². The number of nitrogens with one attached hydrogen (secondary N) is 1. The molecule has 1 amide bonds. The summed E-state index contributed by atoms with van der Waals surface area (Å²) in [5.41, 5.74) is -0.352. The van der Waals surface area contributed by atoms with E-state index in [9.17, 15) is 14.0 Å². The molecule has 2 aromatic rings. The highest BCUT2D eigenvalue weighted by atomic mass is 19.1. The molecule has 1 fully saturated rings. The van der Waals surface area contributed by atoms with Crippen molar-refractivity contribution in [1.82, 2.24) is 15.1 Å². The zero-order chi connectivity index (χ0) is 17.8. The maximum Gasteiger partial charge on any atom is 0.275 e. The zero-order valence-corrected chi connectivity index (χ0v) is 13.7. The molecule has 2 heterocycles. The van der Waals surface area contributed by atoms with Gasteiger partial charge in [0.15, 0.2) is 5.69 Å². The van der Waals surface area contributed by atoms with Crippen molar-refractivity contribution in [2.24, 2.45) is 0 Å². The van der Waals surface area contributed by atoms with E-state index in [1.54, 1.807) is 0 Å². The predicted molar refractivity (Wildman–Crippen MR) is 87.7 cm³/mol. The summed E-state index contributed by atoms with van der Waals surface area (Å²) < 4.78 is 25.0. The molecule has 1 saturated heterocycles. The number of methoxy groups -OCH3 is 1. The lowest BCUT2D eigenvalue weighted by molar-refractivity contribution is 0.0851. The minimum atomic E-state index is -0.584. The fourth-order valence-corrected chi connectivity index (χ4v) is 2.61. The van der Waals surface area contributed by atoms with Gasteiger partial charge in [-0.05, 0) is 37.1 Å². The number of halogens is 1. The van der Waals surface area contributed by atoms with Crippen molar-refractivity contribution in [3.8, 4) is 11.6 Å². The molecule has 0 spiro atoms. The van der Waals surface area contributed by atoms with Crippen LogP contribution in [0.1, 0.15) is 23.3 Å². The van der Waals surface area contributed by atoms with Crippen molar-refractivity contribution >= 4 is 5.91 Å². The predicted octanol–water partition coefficient (Wildman–Crippen LogP) is 1.29. The van der Waals surface area contributed by atoms with Crippen LogP contribution in [0.4, 0.5) is 4.39 Å². The number of hydrogen-bond acceptors (Lipinski definition) is 5. The van der Waals surface area contributed by atoms with Crippen molar-refractivity contribution in [3.05, 3.63) is 52.1 Å². The van der Waals surface area contributed by atoms with Gasteiger partial charge >= 0.3 is 0 Å². The first-order valence-electron chi connectivity index (χ1n) is 7.92. The van der Waals surface area contributed by atoms with E-state index in [4.69, 9.17) is 9.47 Å². The monoisotopic (exact) mass is 347 g/mol. The topological polar surface area (TPSA) is 82.5 Å². The van der Waals surface area contributed by atoms with Crippen molar-refractivity contribution < 1.29 is 18.7 Å². The quantitative estimate of drug-likeness (QED) is 0.881. The van der Waals surface area contributed by atoms with Crippen LogP contribution in [-0.2, 0) is 4.74 Å². The van der Waals surface area contributed by atoms with E-state index in [2.05, 4.69) is 10.4 Å². The van der Waals surface area contributed by atoms with E-state index < -0.39 is 17.2 Å². The van der Waals surface area contributed by atoms with E-state index >= 15 is 0 Å². The molecule has 1 aromatic carbocycles. The molecular formula is C17H18FN3O4. The fourth-order valence-electron chi connectivity index (χ4n) is 2.61. The third kappa shape index (κ3) is 3.85. The van der Waals surface area contributed by atoms with Gasteiger partial charge in [0.2, 0.25) is 11.3 Å². The van der Waals surface area contributed by atoms with Gasteiger partial charge < -0.3 is 14.8 Å². The first kappa shape index (κ1) is 17.1. The Balaban J connectivity index is 1.88. The number of nitrogens with zero attached hydrogens (tertiary/aromatic N) is 2. The first-order chi connectivity index (χ1) is 12.1. The Morgan fingerprint density at radius 2 is 2.20 bits per heavy atom. The maximum absolute atomic E-state index is 13.1. The number of ether oxygens (including phenoxy) is 2. The zero-order valence-electron chi connectivity index (χ0n) is 13.7. The van der Waals surface area contributed by atoms with Crippen molar-refractivity contribution in [1.29, 1.82) is 0 Å². The standard InChI is InChI=1S/C17H18FN3O4/c1-24-15-9-14(22)16(17(23)19-10-13-3-2-8-25-13)20-21(15)12-6-4-11(18)5-7-12/h4-7,9,13H,2-3,8,10H2,1H3,(H,19,23)/t13-/m0/s1. The highest BCUT2D eigenvalue weighted by molar-refractivity contribution is 5.92. The van der Waals surface area contributed by atoms with Crippen LogP contribution >= 0.6 is 0 Å². The summed E-state index contributed by atoms with van der Waals surface area (Å²) >= 11 is 0. The normalized spacial score (nSPS) is 16.6. The van der Waals surface area contributed by atoms with E-state index in [0.29, 0.717) is 18.8 Å². The molecule has 0 unspecified atom stereocenters. The largest absolute Gasteiger partial charge is 0.481 e. The average molecular weight is 347 g/mol. The van der Waals surface area contributed by atoms with Gasteiger partial charge in [-0.25, -0.2) is 9.07 Å². The number of benzene rings is 1. The number of carbonyl (C=O) groups excluding carboxylic acids is 1. The fraction of sp³-hybridized carbons (Fsp3) is 0.353. The molecule has 0 saturated carbocycles. The lowest BCUT2D eigenvalue weighted by Gasteiger charge is -2.13. The molecule has 3 rings (SSSR count). The Hall–Kier alpha value is -2.74. The summed E-state index contributed by atoms with van der Waals surface area (Å²) in [5.74, 6) is -0.843. The summed E-state index contributed by atoms with van der Waals surface area (Å²) in [4.78, 5) is 24.5. The third-order valence-corrected chi connectivity index (χ3v) is 3.91. The van der Waals surface area contributed by atoms with Crippen LogP contribution in [0.25, 0.3) is 5.69 Å². The van der Waals surface area contributed by atoms with Gasteiger partial charge in [-0.1, -0.05) is 0 Å². The van der Waals surface area contributed by atoms with Crippen molar-refractivity contribution in [3.63, 3.8) is 0 Å². The Morgan fingerprint density at radius 3 is 2.84 bits per heavy atom. The second-order valence-corrected chi connectivity index (χ2v) is 5.63. The number of carbonyl (C=O) groups is 1. The van der Waals surface area contributed by atoms with Crippen LogP contribution < -0.4 is 15.5 Å². The molecule has 0 bridgehead atoms. The van der Waals surface area contributed by atoms with Gasteiger partial charge in [-0.3, -0.25) is 9.59 Å². The maximum atomic E-state index is 13.1. The number of amides is 1. The molecule has 0 radical (unpaired) electrons. The summed E-state index contributed by atoms with van der Waals surface area (Å²) in [7, 11) is 1.38. The van der Waals surface area contributed by atoms with Crippen LogP contribution in [0.15, 0.2) is 35.1 Å². The minimum absolute atomic E-state index is 0.0403. The first-order valence-corrected chi connectivity index (χ1v) is 7.92. The molecule has 1 aromatic heterocycles. The molecule has 0 aliphatic carbocycles. The van der Waals surface area contributed by atoms with E-state index in [0.717, 1.165) is 12.8 Å². The Labute approximate surface area is 143 Å². The van der Waals surface area contributed by atoms with E-state index in [1.807, 2.05) is 0 Å². The van der Waals surface area contributed by atoms with Crippen molar-refractivity contribution in [2.45, 2.75) is 18.9 Å². The Kier molecular flexibility index (Phi) is 5.08. The molecule has 8 heteroatoms. The van der Waals surface area contributed by atoms with Gasteiger partial charge in [0, 0.05) is 13.2 Å². The number of aromatic nitrogens is 2. The van der Waals surface area contributed by atoms with Gasteiger partial charge in [0.1, 0.15) is 5.82 Å². The summed E-state index contributed by atoms with van der Waals surface area (Å²) in [5, 5.41) is 6.76. The summed E-state index contributed by atoms with van der Waals surface area (Å²) in [6.07, 6.45) is 1.79. The molecule has 7 nitrogen and oxygen atoms in total. The Morgan fingerprint density at radius 1 is 1.44 bits per heavy atom. The van der Waals surface area contributed by atoms with Crippen LogP contribution in [0.3, 0.4) is 0 Å². The second-order valence-electron chi connectivity index (χ2n) is 5.63. The number of hydrogen-bond donors (Lipinski definition) is 1. The van der Waals surface area contributed by atoms with E-state index in [1.165, 1.54) is 42.1 Å². The molecule has 1 aliphatic heterocycles. The molecule has 1 atom stereocenters. The third-order valence-electron chi connectivity index (χ3n) is 3.91. The smallest absolute Gasteiger partial charge is 0.275 e. The lowest BCUT2D eigenvalue weighted by atomic mass is 10.2. The molecule has 132 valence electrons. The van der Waals surface area contributed by atoms with E-state index in [-0.39, 0.29) is 17.7 Å². The van der Waals surface area contributed by atoms with Gasteiger partial charge in [0.05, 0.1) is 25.0 Å². The second kappa shape index (κ2) is 7.43. The van der Waals surface area contributed by atoms with Crippen LogP contribution in [0.2, 0.25) is 0 Å². The summed E-state index contributed by atoms with van der Waals surface area (Å²) in [6, 6.07) is 6.64. The van der Waals surface area contributed by atoms with Crippen LogP contribution in [0.5, 0.6) is 5.88 Å². The molecule has 1 aliphatic rings. The SMILES string of the molecule is COc1cc(=O)c(C(=O)NC[C@@H]2CCCO2)nn1-c1ccc(F)cc1. The average Bonchev–Trinajstić information content (AvgIpc) is 3.14. The Bertz CT molecular complexity index is 814. The van der Waals surface area contributed by atoms with Gasteiger partial charge in [-0.2, -0.15) is 5.10 Å². The molecular weight excluding hydrogens is 329 g/mol. The summed E-state index contributed by atoms with van der Waals surface area (Å²) in [6.45, 7) is 1.00. The molecule has 25 heavy (non-hydrogen) atoms. The van der Waals surface area contributed by atoms with Gasteiger partial charge in [0.25, 0.3) is 5.91 Å². The number of rotatable bonds is 5. The minimum Gasteiger partial charge on any atom is -0.481 e. The van der Waals surface area contributed by atoms with Gasteiger partial charge in [-0.15, -0.1) is 0 Å². The lowest BCUT2D eigenvalue weighted by Crippen LogP contribution is -2.36. The van der Waals surface area contributed by atoms with Crippen molar-refractivity contribution in [2.75, 3.05) is 20.3 Å².